The second kappa shape index (κ2) is 16.2. The molecule has 0 radical (unpaired) electrons. The Morgan fingerprint density at radius 1 is 0.690 bits per heavy atom. The van der Waals surface area contributed by atoms with Gasteiger partial charge in [0.05, 0.1) is 80.0 Å². The maximum Gasteiger partial charge on any atom is 0.309 e. The zero-order chi connectivity index (χ0) is 41.4. The molecular formula is C45H52N2O11+2. The van der Waals surface area contributed by atoms with Crippen molar-refractivity contribution in [3.8, 4) is 46.0 Å². The summed E-state index contributed by atoms with van der Waals surface area (Å²) in [4.78, 5) is 36.9. The molecular weight excluding hydrogens is 744 g/mol. The normalized spacial score (nSPS) is 21.9. The van der Waals surface area contributed by atoms with Gasteiger partial charge in [0.15, 0.2) is 34.5 Å². The summed E-state index contributed by atoms with van der Waals surface area (Å²) < 4.78 is 38.1. The zero-order valence-corrected chi connectivity index (χ0v) is 34.0. The molecule has 306 valence electrons. The molecule has 0 aliphatic carbocycles. The highest BCUT2D eigenvalue weighted by atomic mass is 16.6. The van der Waals surface area contributed by atoms with Gasteiger partial charge >= 0.3 is 17.9 Å². The highest BCUT2D eigenvalue weighted by molar-refractivity contribution is 5.74. The van der Waals surface area contributed by atoms with Crippen molar-refractivity contribution in [2.24, 2.45) is 0 Å². The molecule has 2 N–H and O–H groups in total. The van der Waals surface area contributed by atoms with Crippen molar-refractivity contribution in [3.05, 3.63) is 94.0 Å². The number of carboxylic acids is 2. The van der Waals surface area contributed by atoms with E-state index in [9.17, 15) is 24.6 Å². The van der Waals surface area contributed by atoms with E-state index in [1.807, 2.05) is 60.7 Å². The molecule has 0 amide bonds. The zero-order valence-electron chi connectivity index (χ0n) is 34.0. The van der Waals surface area contributed by atoms with Crippen LogP contribution in [0.25, 0.3) is 0 Å². The number of benzene rings is 4. The quantitative estimate of drug-likeness (QED) is 0.0967. The smallest absolute Gasteiger partial charge is 0.309 e. The number of carbonyl (C=O) groups excluding carboxylic acids is 1. The number of carbonyl (C=O) groups is 3. The van der Waals surface area contributed by atoms with E-state index in [1.165, 1.54) is 14.0 Å². The van der Waals surface area contributed by atoms with E-state index in [-0.39, 0.29) is 36.4 Å². The Kier molecular flexibility index (Phi) is 11.3. The molecule has 0 spiro atoms. The van der Waals surface area contributed by atoms with E-state index in [0.29, 0.717) is 88.8 Å². The Balaban J connectivity index is 1.52. The lowest BCUT2D eigenvalue weighted by molar-refractivity contribution is -0.941. The van der Waals surface area contributed by atoms with E-state index >= 15 is 0 Å². The first-order valence-corrected chi connectivity index (χ1v) is 19.6. The average Bonchev–Trinajstić information content (AvgIpc) is 3.19. The fourth-order valence-electron chi connectivity index (χ4n) is 9.04. The number of carboxylic acid groups (broad SMARTS) is 2. The van der Waals surface area contributed by atoms with Gasteiger partial charge in [0.25, 0.3) is 0 Å². The molecule has 58 heavy (non-hydrogen) atoms. The molecule has 0 aromatic heterocycles. The standard InChI is InChI=1S/C45H50N2O11/c1-27(48)56-44-40(55-6)25-31-14-18-47(3,20-16-42(51)52)35-22-29-9-12-36(53-4)38(23-29)57-32-10-7-28(8-11-32)21-34-33-26-39(58-45(44)43(31)35)37(54-5)24-30(33)13-17-46(34,2)19-15-41(49)50/h7-12,23-26,34-35H,13-22H2,1-6H3/p+2. The summed E-state index contributed by atoms with van der Waals surface area (Å²) in [5, 5.41) is 19.7. The summed E-state index contributed by atoms with van der Waals surface area (Å²) in [6.07, 6.45) is 2.26. The Hall–Kier alpha value is -5.79. The van der Waals surface area contributed by atoms with Gasteiger partial charge in [0.2, 0.25) is 5.75 Å². The van der Waals surface area contributed by atoms with Crippen LogP contribution in [-0.2, 0) is 40.1 Å². The van der Waals surface area contributed by atoms with Crippen molar-refractivity contribution >= 4 is 17.9 Å². The lowest BCUT2D eigenvalue weighted by Crippen LogP contribution is -2.53. The van der Waals surface area contributed by atoms with Crippen molar-refractivity contribution < 1.29 is 62.0 Å². The van der Waals surface area contributed by atoms with Crippen molar-refractivity contribution in [2.45, 2.75) is 57.5 Å². The Bertz CT molecular complexity index is 2240. The van der Waals surface area contributed by atoms with Gasteiger partial charge in [-0.15, -0.1) is 0 Å². The maximum atomic E-state index is 12.9. The SMILES string of the molecule is COc1ccc2cc1Oc1ccc(cc1)CC1c3cc(c(OC)cc3CC[N+]1(C)CCC(=O)O)Oc1c(OC(C)=O)c(OC)cc3c1C(C2)[N+](C)(CCC(=O)O)CC3. The van der Waals surface area contributed by atoms with Crippen LogP contribution in [0.2, 0.25) is 0 Å². The highest BCUT2D eigenvalue weighted by Gasteiger charge is 2.45. The van der Waals surface area contributed by atoms with E-state index in [0.717, 1.165) is 39.9 Å². The van der Waals surface area contributed by atoms with Crippen molar-refractivity contribution in [2.75, 3.05) is 61.6 Å². The van der Waals surface area contributed by atoms with Crippen LogP contribution in [0.3, 0.4) is 0 Å². The number of aliphatic carboxylic acids is 2. The fraction of sp³-hybridized carbons (Fsp3) is 0.400. The number of quaternary nitrogens is 2. The summed E-state index contributed by atoms with van der Waals surface area (Å²) in [5.74, 6) is 0.955. The predicted molar refractivity (Wildman–Crippen MR) is 214 cm³/mol. The van der Waals surface area contributed by atoms with Gasteiger partial charge in [-0.2, -0.15) is 0 Å². The van der Waals surface area contributed by atoms with Crippen LogP contribution in [0.15, 0.2) is 60.7 Å². The van der Waals surface area contributed by atoms with E-state index in [4.69, 9.17) is 28.4 Å². The molecule has 8 rings (SSSR count). The third-order valence-corrected chi connectivity index (χ3v) is 12.3. The Morgan fingerprint density at radius 2 is 1.26 bits per heavy atom. The van der Waals surface area contributed by atoms with Crippen molar-refractivity contribution in [1.29, 1.82) is 0 Å². The number of ether oxygens (including phenoxy) is 6. The molecule has 4 aromatic carbocycles. The van der Waals surface area contributed by atoms with E-state index in [1.54, 1.807) is 14.2 Å². The number of esters is 1. The Morgan fingerprint density at radius 3 is 1.88 bits per heavy atom. The molecule has 0 saturated carbocycles. The Labute approximate surface area is 338 Å². The summed E-state index contributed by atoms with van der Waals surface area (Å²) in [6.45, 7) is 3.43. The number of methoxy groups -OCH3 is 3. The summed E-state index contributed by atoms with van der Waals surface area (Å²) in [6, 6.07) is 19.1. The first-order valence-electron chi connectivity index (χ1n) is 19.6. The largest absolute Gasteiger partial charge is 0.493 e. The summed E-state index contributed by atoms with van der Waals surface area (Å²) >= 11 is 0. The molecule has 4 aromatic rings. The molecule has 4 unspecified atom stereocenters. The summed E-state index contributed by atoms with van der Waals surface area (Å²) in [7, 11) is 8.87. The molecule has 6 bridgehead atoms. The van der Waals surface area contributed by atoms with Gasteiger partial charge in [-0.05, 0) is 64.7 Å². The molecule has 13 heteroatoms. The number of likely N-dealkylation sites (N-methyl/N-ethyl adjacent to an activating group) is 2. The molecule has 4 aliphatic rings. The van der Waals surface area contributed by atoms with Gasteiger partial charge in [-0.1, -0.05) is 18.2 Å². The number of hydrogen-bond acceptors (Lipinski definition) is 9. The molecule has 0 fully saturated rings. The van der Waals surface area contributed by atoms with Gasteiger partial charge < -0.3 is 47.6 Å². The minimum atomic E-state index is -0.898. The topological polar surface area (TPSA) is 147 Å². The van der Waals surface area contributed by atoms with Gasteiger partial charge in [0.1, 0.15) is 17.8 Å². The first kappa shape index (κ1) is 40.4. The number of rotatable bonds is 10. The minimum Gasteiger partial charge on any atom is -0.493 e. The lowest BCUT2D eigenvalue weighted by atomic mass is 9.84. The van der Waals surface area contributed by atoms with Crippen LogP contribution >= 0.6 is 0 Å². The van der Waals surface area contributed by atoms with Gasteiger partial charge in [-0.25, -0.2) is 0 Å². The fourth-order valence-corrected chi connectivity index (χ4v) is 9.04. The van der Waals surface area contributed by atoms with Crippen LogP contribution in [0, 0.1) is 0 Å². The highest BCUT2D eigenvalue weighted by Crippen LogP contribution is 2.54. The maximum absolute atomic E-state index is 12.9. The molecule has 13 nitrogen and oxygen atoms in total. The minimum absolute atomic E-state index is 0.0114. The molecule has 4 aliphatic heterocycles. The average molecular weight is 797 g/mol. The second-order valence-corrected chi connectivity index (χ2v) is 16.0. The number of hydrogen-bond donors (Lipinski definition) is 2. The van der Waals surface area contributed by atoms with E-state index in [2.05, 4.69) is 14.1 Å². The molecule has 0 saturated heterocycles. The third-order valence-electron chi connectivity index (χ3n) is 12.3. The van der Waals surface area contributed by atoms with Crippen molar-refractivity contribution in [1.82, 2.24) is 0 Å². The van der Waals surface area contributed by atoms with Crippen LogP contribution in [0.1, 0.15) is 65.2 Å². The predicted octanol–water partition coefficient (Wildman–Crippen LogP) is 7.06. The third kappa shape index (κ3) is 8.01. The van der Waals surface area contributed by atoms with Crippen LogP contribution < -0.4 is 28.4 Å². The van der Waals surface area contributed by atoms with Crippen LogP contribution in [0.5, 0.6) is 46.0 Å². The van der Waals surface area contributed by atoms with Gasteiger partial charge in [-0.3, -0.25) is 14.4 Å². The monoisotopic (exact) mass is 796 g/mol. The van der Waals surface area contributed by atoms with Crippen LogP contribution in [0.4, 0.5) is 0 Å². The second-order valence-electron chi connectivity index (χ2n) is 16.0. The van der Waals surface area contributed by atoms with E-state index < -0.39 is 17.9 Å². The first-order chi connectivity index (χ1) is 27.7. The van der Waals surface area contributed by atoms with Crippen LogP contribution in [-0.4, -0.2) is 98.7 Å². The molecule has 4 atom stereocenters. The number of fused-ring (bicyclic) bond motifs is 2. The summed E-state index contributed by atoms with van der Waals surface area (Å²) in [5.41, 5.74) is 5.72. The van der Waals surface area contributed by atoms with Crippen molar-refractivity contribution in [3.63, 3.8) is 0 Å². The molecule has 4 heterocycles. The number of nitrogens with zero attached hydrogens (tertiary/aromatic N) is 2. The van der Waals surface area contributed by atoms with Gasteiger partial charge in [0, 0.05) is 38.2 Å². The lowest BCUT2D eigenvalue weighted by Gasteiger charge is -2.46.